The Balaban J connectivity index is 2.97. The second kappa shape index (κ2) is 6.41. The summed E-state index contributed by atoms with van der Waals surface area (Å²) in [5.74, 6) is -5.25. The van der Waals surface area contributed by atoms with Crippen molar-refractivity contribution in [1.82, 2.24) is 5.32 Å². The molecular formula is C11H9FN2O7. The molecule has 21 heavy (non-hydrogen) atoms. The minimum Gasteiger partial charge on any atom is -0.481 e. The Kier molecular flexibility index (Phi) is 4.89. The van der Waals surface area contributed by atoms with E-state index in [0.717, 1.165) is 6.07 Å². The summed E-state index contributed by atoms with van der Waals surface area (Å²) in [5, 5.41) is 29.7. The molecule has 3 N–H and O–H groups in total. The van der Waals surface area contributed by atoms with Gasteiger partial charge in [0.15, 0.2) is 0 Å². The van der Waals surface area contributed by atoms with Crippen molar-refractivity contribution in [2.24, 2.45) is 0 Å². The number of rotatable bonds is 6. The number of carbonyl (C=O) groups is 3. The van der Waals surface area contributed by atoms with Crippen molar-refractivity contribution in [3.63, 3.8) is 0 Å². The van der Waals surface area contributed by atoms with Gasteiger partial charge in [0.1, 0.15) is 6.04 Å². The number of aliphatic carboxylic acids is 2. The zero-order chi connectivity index (χ0) is 16.2. The van der Waals surface area contributed by atoms with Crippen LogP contribution in [0.15, 0.2) is 18.2 Å². The molecule has 0 spiro atoms. The molecule has 9 nitrogen and oxygen atoms in total. The summed E-state index contributed by atoms with van der Waals surface area (Å²) < 4.78 is 13.1. The zero-order valence-electron chi connectivity index (χ0n) is 10.3. The van der Waals surface area contributed by atoms with Gasteiger partial charge in [-0.3, -0.25) is 19.7 Å². The van der Waals surface area contributed by atoms with Crippen molar-refractivity contribution in [2.75, 3.05) is 0 Å². The maximum Gasteiger partial charge on any atom is 0.326 e. The minimum absolute atomic E-state index is 0.361. The summed E-state index contributed by atoms with van der Waals surface area (Å²) >= 11 is 0. The molecule has 1 rings (SSSR count). The van der Waals surface area contributed by atoms with E-state index in [4.69, 9.17) is 10.2 Å². The average Bonchev–Trinajstić information content (AvgIpc) is 2.37. The number of nitrogens with one attached hydrogen (secondary N) is 1. The van der Waals surface area contributed by atoms with Crippen LogP contribution in [0.1, 0.15) is 16.8 Å². The molecule has 1 amide bonds. The molecule has 0 unspecified atom stereocenters. The van der Waals surface area contributed by atoms with Gasteiger partial charge in [0, 0.05) is 11.6 Å². The average molecular weight is 300 g/mol. The normalized spacial score (nSPS) is 11.5. The minimum atomic E-state index is -1.71. The fraction of sp³-hybridized carbons (Fsp3) is 0.182. The highest BCUT2D eigenvalue weighted by Gasteiger charge is 2.25. The van der Waals surface area contributed by atoms with E-state index in [1.54, 1.807) is 0 Å². The maximum atomic E-state index is 13.1. The van der Waals surface area contributed by atoms with Crippen LogP contribution in [-0.4, -0.2) is 39.0 Å². The van der Waals surface area contributed by atoms with Gasteiger partial charge in [0.25, 0.3) is 5.91 Å². The van der Waals surface area contributed by atoms with Crippen LogP contribution in [-0.2, 0) is 9.59 Å². The van der Waals surface area contributed by atoms with E-state index in [9.17, 15) is 28.9 Å². The standard InChI is InChI=1S/C11H9FN2O7/c12-6-2-1-5(3-8(6)14(20)21)10(17)13-7(11(18)19)4-9(15)16/h1-3,7H,4H2,(H,13,17)(H,15,16)(H,18,19)/t7-/m1/s1. The predicted molar refractivity (Wildman–Crippen MR) is 64.2 cm³/mol. The van der Waals surface area contributed by atoms with Crippen molar-refractivity contribution in [3.8, 4) is 0 Å². The number of nitrogens with zero attached hydrogens (tertiary/aromatic N) is 1. The van der Waals surface area contributed by atoms with Crippen LogP contribution in [0.5, 0.6) is 0 Å². The number of carboxylic acids is 2. The number of nitro benzene ring substituents is 1. The topological polar surface area (TPSA) is 147 Å². The Morgan fingerprint density at radius 1 is 1.33 bits per heavy atom. The highest BCUT2D eigenvalue weighted by atomic mass is 19.1. The second-order valence-electron chi connectivity index (χ2n) is 3.89. The molecule has 0 bridgehead atoms. The predicted octanol–water partition coefficient (Wildman–Crippen LogP) is 0.392. The summed E-state index contributed by atoms with van der Waals surface area (Å²) in [6, 6.07) is 0.515. The molecule has 0 fully saturated rings. The van der Waals surface area contributed by atoms with Gasteiger partial charge in [-0.1, -0.05) is 0 Å². The Labute approximate surface area is 116 Å². The molecule has 0 aromatic heterocycles. The lowest BCUT2D eigenvalue weighted by Gasteiger charge is -2.12. The SMILES string of the molecule is O=C(O)C[C@@H](NC(=O)c1ccc(F)c([N+](=O)[O-])c1)C(=O)O. The Morgan fingerprint density at radius 2 is 1.95 bits per heavy atom. The molecule has 0 aliphatic heterocycles. The van der Waals surface area contributed by atoms with Crippen molar-refractivity contribution in [2.45, 2.75) is 12.5 Å². The van der Waals surface area contributed by atoms with Gasteiger partial charge >= 0.3 is 17.6 Å². The molecule has 0 heterocycles. The van der Waals surface area contributed by atoms with Gasteiger partial charge < -0.3 is 15.5 Å². The molecule has 1 aromatic rings. The van der Waals surface area contributed by atoms with Crippen LogP contribution in [0, 0.1) is 15.9 Å². The van der Waals surface area contributed by atoms with Gasteiger partial charge in [-0.2, -0.15) is 4.39 Å². The van der Waals surface area contributed by atoms with E-state index in [1.807, 2.05) is 5.32 Å². The van der Waals surface area contributed by atoms with Crippen LogP contribution in [0.4, 0.5) is 10.1 Å². The van der Waals surface area contributed by atoms with Crippen LogP contribution < -0.4 is 5.32 Å². The first-order valence-corrected chi connectivity index (χ1v) is 5.41. The number of carbonyl (C=O) groups excluding carboxylic acids is 1. The third-order valence-corrected chi connectivity index (χ3v) is 2.39. The number of hydrogen-bond acceptors (Lipinski definition) is 5. The molecule has 0 aliphatic carbocycles. The molecule has 0 saturated carbocycles. The van der Waals surface area contributed by atoms with Crippen LogP contribution in [0.3, 0.4) is 0 Å². The Bertz CT molecular complexity index is 617. The molecule has 0 aliphatic rings. The first-order chi connectivity index (χ1) is 9.72. The van der Waals surface area contributed by atoms with E-state index in [1.165, 1.54) is 0 Å². The molecule has 0 saturated heterocycles. The number of hydrogen-bond donors (Lipinski definition) is 3. The fourth-order valence-electron chi connectivity index (χ4n) is 1.41. The monoisotopic (exact) mass is 300 g/mol. The summed E-state index contributed by atoms with van der Waals surface area (Å²) in [6.45, 7) is 0. The number of nitro groups is 1. The zero-order valence-corrected chi connectivity index (χ0v) is 10.3. The van der Waals surface area contributed by atoms with Gasteiger partial charge in [-0.15, -0.1) is 0 Å². The van der Waals surface area contributed by atoms with Crippen LogP contribution in [0.25, 0.3) is 0 Å². The molecule has 10 heteroatoms. The van der Waals surface area contributed by atoms with Crippen molar-refractivity contribution in [3.05, 3.63) is 39.7 Å². The number of benzene rings is 1. The van der Waals surface area contributed by atoms with E-state index in [2.05, 4.69) is 0 Å². The maximum absolute atomic E-state index is 13.1. The largest absolute Gasteiger partial charge is 0.481 e. The summed E-state index contributed by atoms with van der Waals surface area (Å²) in [6.07, 6.45) is -0.871. The number of amides is 1. The summed E-state index contributed by atoms with van der Waals surface area (Å²) in [4.78, 5) is 42.5. The second-order valence-corrected chi connectivity index (χ2v) is 3.89. The Hall–Kier alpha value is -3.04. The molecule has 1 aromatic carbocycles. The summed E-state index contributed by atoms with van der Waals surface area (Å²) in [5.41, 5.74) is -1.31. The van der Waals surface area contributed by atoms with Crippen LogP contribution >= 0.6 is 0 Å². The smallest absolute Gasteiger partial charge is 0.326 e. The van der Waals surface area contributed by atoms with Gasteiger partial charge in [0.05, 0.1) is 11.3 Å². The highest BCUT2D eigenvalue weighted by molar-refractivity contribution is 5.97. The molecular weight excluding hydrogens is 291 g/mol. The van der Waals surface area contributed by atoms with Gasteiger partial charge in [-0.25, -0.2) is 4.79 Å². The number of carboxylic acid groups (broad SMARTS) is 2. The van der Waals surface area contributed by atoms with E-state index in [-0.39, 0.29) is 5.56 Å². The molecule has 0 radical (unpaired) electrons. The third kappa shape index (κ3) is 4.23. The van der Waals surface area contributed by atoms with E-state index < -0.39 is 46.7 Å². The van der Waals surface area contributed by atoms with Crippen molar-refractivity contribution in [1.29, 1.82) is 0 Å². The van der Waals surface area contributed by atoms with E-state index in [0.29, 0.717) is 12.1 Å². The first kappa shape index (κ1) is 16.0. The molecule has 1 atom stereocenters. The van der Waals surface area contributed by atoms with Gasteiger partial charge in [0.2, 0.25) is 5.82 Å². The van der Waals surface area contributed by atoms with Crippen molar-refractivity contribution >= 4 is 23.5 Å². The number of halogens is 1. The fourth-order valence-corrected chi connectivity index (χ4v) is 1.41. The summed E-state index contributed by atoms with van der Waals surface area (Å²) in [7, 11) is 0. The van der Waals surface area contributed by atoms with Gasteiger partial charge in [-0.05, 0) is 12.1 Å². The quantitative estimate of drug-likeness (QED) is 0.508. The molecule has 112 valence electrons. The lowest BCUT2D eigenvalue weighted by atomic mass is 10.1. The van der Waals surface area contributed by atoms with E-state index >= 15 is 0 Å². The van der Waals surface area contributed by atoms with Crippen molar-refractivity contribution < 1.29 is 33.9 Å². The Morgan fingerprint density at radius 3 is 2.43 bits per heavy atom. The van der Waals surface area contributed by atoms with Crippen LogP contribution in [0.2, 0.25) is 0 Å². The lowest BCUT2D eigenvalue weighted by molar-refractivity contribution is -0.387. The first-order valence-electron chi connectivity index (χ1n) is 5.41. The lowest BCUT2D eigenvalue weighted by Crippen LogP contribution is -2.42. The highest BCUT2D eigenvalue weighted by Crippen LogP contribution is 2.18. The third-order valence-electron chi connectivity index (χ3n) is 2.39.